The van der Waals surface area contributed by atoms with Gasteiger partial charge in [0.25, 0.3) is 0 Å². The lowest BCUT2D eigenvalue weighted by Crippen LogP contribution is -2.38. The molecule has 3 heterocycles. The van der Waals surface area contributed by atoms with Crippen molar-refractivity contribution in [1.29, 1.82) is 0 Å². The van der Waals surface area contributed by atoms with Gasteiger partial charge in [-0.2, -0.15) is 0 Å². The molecule has 31 heavy (non-hydrogen) atoms. The molecule has 3 aromatic heterocycles. The predicted molar refractivity (Wildman–Crippen MR) is 124 cm³/mol. The summed E-state index contributed by atoms with van der Waals surface area (Å²) in [6, 6.07) is 6.48. The molecule has 2 aliphatic carbocycles. The third kappa shape index (κ3) is 3.69. The van der Waals surface area contributed by atoms with E-state index in [4.69, 9.17) is 14.7 Å². The first kappa shape index (κ1) is 20.7. The number of rotatable bonds is 6. The van der Waals surface area contributed by atoms with E-state index in [1.807, 2.05) is 6.92 Å². The minimum atomic E-state index is -0.459. The van der Waals surface area contributed by atoms with Gasteiger partial charge < -0.3 is 9.30 Å². The zero-order valence-electron chi connectivity index (χ0n) is 18.7. The highest BCUT2D eigenvalue weighted by atomic mass is 32.1. The summed E-state index contributed by atoms with van der Waals surface area (Å²) in [5, 5.41) is 0. The third-order valence-corrected chi connectivity index (χ3v) is 8.09. The molecule has 2 saturated carbocycles. The third-order valence-electron chi connectivity index (χ3n) is 6.81. The van der Waals surface area contributed by atoms with E-state index >= 15 is 0 Å². The Kier molecular flexibility index (Phi) is 5.37. The largest absolute Gasteiger partial charge is 0.465 e. The molecule has 0 saturated heterocycles. The Morgan fingerprint density at radius 2 is 1.97 bits per heavy atom. The van der Waals surface area contributed by atoms with Crippen LogP contribution in [-0.2, 0) is 21.5 Å². The van der Waals surface area contributed by atoms with E-state index in [1.54, 1.807) is 11.3 Å². The highest BCUT2D eigenvalue weighted by molar-refractivity contribution is 7.12. The Morgan fingerprint density at radius 1 is 1.19 bits per heavy atom. The molecule has 164 valence electrons. The molecule has 0 amide bonds. The fourth-order valence-electron chi connectivity index (χ4n) is 5.08. The van der Waals surface area contributed by atoms with E-state index in [1.165, 1.54) is 40.4 Å². The van der Waals surface area contributed by atoms with Gasteiger partial charge in [-0.25, -0.2) is 9.97 Å². The molecule has 0 unspecified atom stereocenters. The molecule has 0 N–H and O–H groups in total. The number of hydrogen-bond donors (Lipinski definition) is 0. The monoisotopic (exact) mass is 437 g/mol. The van der Waals surface area contributed by atoms with Crippen LogP contribution in [0.3, 0.4) is 0 Å². The fourth-order valence-corrected chi connectivity index (χ4v) is 6.31. The molecule has 0 radical (unpaired) electrons. The van der Waals surface area contributed by atoms with Gasteiger partial charge in [0.15, 0.2) is 5.65 Å². The zero-order valence-corrected chi connectivity index (χ0v) is 19.6. The molecule has 2 aliphatic rings. The molecule has 6 heteroatoms. The molecule has 5 nitrogen and oxygen atoms in total. The van der Waals surface area contributed by atoms with E-state index in [9.17, 15) is 4.79 Å². The van der Waals surface area contributed by atoms with Crippen molar-refractivity contribution in [2.75, 3.05) is 6.61 Å². The molecule has 5 rings (SSSR count). The number of fused-ring (bicyclic) bond motifs is 1. The van der Waals surface area contributed by atoms with Crippen molar-refractivity contribution in [3.63, 3.8) is 0 Å². The minimum Gasteiger partial charge on any atom is -0.465 e. The lowest BCUT2D eigenvalue weighted by atomic mass is 9.73. The van der Waals surface area contributed by atoms with Gasteiger partial charge in [-0.1, -0.05) is 19.3 Å². The Bertz CT molecular complexity index is 1120. The lowest BCUT2D eigenvalue weighted by molar-refractivity contribution is -0.151. The summed E-state index contributed by atoms with van der Waals surface area (Å²) >= 11 is 1.77. The standard InChI is InChI=1S/C25H31N3O2S/c1-4-30-24(29)25(12-6-5-7-13-25)20-11-10-19(31-20)15-28-22(18-8-9-18)27-21-16(2)14-17(3)26-23(21)28/h10-11,14,18H,4-9,12-13,15H2,1-3H3. The van der Waals surface area contributed by atoms with Crippen molar-refractivity contribution >= 4 is 28.5 Å². The van der Waals surface area contributed by atoms with Gasteiger partial charge >= 0.3 is 5.97 Å². The van der Waals surface area contributed by atoms with Gasteiger partial charge in [-0.05, 0) is 70.2 Å². The van der Waals surface area contributed by atoms with E-state index in [0.29, 0.717) is 12.5 Å². The Hall–Kier alpha value is -2.21. The van der Waals surface area contributed by atoms with Crippen molar-refractivity contribution in [1.82, 2.24) is 14.5 Å². The first-order valence-corrected chi connectivity index (χ1v) is 12.4. The van der Waals surface area contributed by atoms with E-state index in [-0.39, 0.29) is 5.97 Å². The molecule has 0 bridgehead atoms. The number of carbonyl (C=O) groups is 1. The maximum Gasteiger partial charge on any atom is 0.317 e. The maximum absolute atomic E-state index is 13.0. The second kappa shape index (κ2) is 8.05. The van der Waals surface area contributed by atoms with Crippen LogP contribution in [0.4, 0.5) is 0 Å². The van der Waals surface area contributed by atoms with Crippen LogP contribution in [0.5, 0.6) is 0 Å². The van der Waals surface area contributed by atoms with Crippen molar-refractivity contribution in [2.45, 2.75) is 83.6 Å². The van der Waals surface area contributed by atoms with E-state index in [0.717, 1.165) is 49.1 Å². The van der Waals surface area contributed by atoms with Gasteiger partial charge in [-0.15, -0.1) is 11.3 Å². The average molecular weight is 438 g/mol. The normalized spacial score (nSPS) is 18.4. The Labute approximate surface area is 187 Å². The first-order valence-electron chi connectivity index (χ1n) is 11.6. The number of thiophene rings is 1. The summed E-state index contributed by atoms with van der Waals surface area (Å²) in [4.78, 5) is 25.3. The smallest absolute Gasteiger partial charge is 0.317 e. The lowest BCUT2D eigenvalue weighted by Gasteiger charge is -2.34. The van der Waals surface area contributed by atoms with Crippen molar-refractivity contribution in [3.8, 4) is 0 Å². The quantitative estimate of drug-likeness (QED) is 0.457. The van der Waals surface area contributed by atoms with Gasteiger partial charge in [0.2, 0.25) is 0 Å². The maximum atomic E-state index is 13.0. The number of nitrogens with zero attached hydrogens (tertiary/aromatic N) is 3. The second-order valence-corrected chi connectivity index (χ2v) is 10.4. The number of pyridine rings is 1. The Morgan fingerprint density at radius 3 is 2.68 bits per heavy atom. The molecule has 0 aliphatic heterocycles. The van der Waals surface area contributed by atoms with Crippen LogP contribution in [0.15, 0.2) is 18.2 Å². The van der Waals surface area contributed by atoms with Crippen LogP contribution in [0, 0.1) is 13.8 Å². The molecule has 0 aromatic carbocycles. The second-order valence-electron chi connectivity index (χ2n) is 9.21. The topological polar surface area (TPSA) is 57.0 Å². The molecular formula is C25H31N3O2S. The number of carbonyl (C=O) groups excluding carboxylic acids is 1. The summed E-state index contributed by atoms with van der Waals surface area (Å²) < 4.78 is 7.86. The fraction of sp³-hybridized carbons (Fsp3) is 0.560. The van der Waals surface area contributed by atoms with E-state index < -0.39 is 5.41 Å². The summed E-state index contributed by atoms with van der Waals surface area (Å²) in [6.07, 6.45) is 7.60. The van der Waals surface area contributed by atoms with Gasteiger partial charge in [0.05, 0.1) is 13.2 Å². The number of ether oxygens (including phenoxy) is 1. The average Bonchev–Trinajstić information content (AvgIpc) is 3.38. The van der Waals surface area contributed by atoms with Crippen molar-refractivity contribution in [2.24, 2.45) is 0 Å². The van der Waals surface area contributed by atoms with Crippen LogP contribution in [0.1, 0.15) is 84.6 Å². The summed E-state index contributed by atoms with van der Waals surface area (Å²) in [5.74, 6) is 1.68. The number of esters is 1. The zero-order chi connectivity index (χ0) is 21.6. The summed E-state index contributed by atoms with van der Waals surface area (Å²) in [6.45, 7) is 7.28. The number of hydrogen-bond acceptors (Lipinski definition) is 5. The van der Waals surface area contributed by atoms with E-state index in [2.05, 4.69) is 36.6 Å². The molecule has 2 fully saturated rings. The van der Waals surface area contributed by atoms with Crippen LogP contribution >= 0.6 is 11.3 Å². The highest BCUT2D eigenvalue weighted by Gasteiger charge is 2.43. The number of aromatic nitrogens is 3. The van der Waals surface area contributed by atoms with Crippen molar-refractivity contribution < 1.29 is 9.53 Å². The minimum absolute atomic E-state index is 0.0391. The highest BCUT2D eigenvalue weighted by Crippen LogP contribution is 2.45. The SMILES string of the molecule is CCOC(=O)C1(c2ccc(Cn3c(C4CC4)nc4c(C)cc(C)nc43)s2)CCCCC1. The van der Waals surface area contributed by atoms with Crippen LogP contribution < -0.4 is 0 Å². The van der Waals surface area contributed by atoms with Crippen LogP contribution in [0.2, 0.25) is 0 Å². The number of aryl methyl sites for hydroxylation is 2. The molecule has 3 aromatic rings. The summed E-state index contributed by atoms with van der Waals surface area (Å²) in [7, 11) is 0. The Balaban J connectivity index is 1.52. The van der Waals surface area contributed by atoms with Crippen molar-refractivity contribution in [3.05, 3.63) is 45.0 Å². The molecule has 0 spiro atoms. The van der Waals surface area contributed by atoms with Gasteiger partial charge in [0.1, 0.15) is 16.8 Å². The van der Waals surface area contributed by atoms with Crippen LogP contribution in [0.25, 0.3) is 11.2 Å². The molecule has 0 atom stereocenters. The van der Waals surface area contributed by atoms with Gasteiger partial charge in [0, 0.05) is 21.4 Å². The predicted octanol–water partition coefficient (Wildman–Crippen LogP) is 5.80. The van der Waals surface area contributed by atoms with Gasteiger partial charge in [-0.3, -0.25) is 4.79 Å². The summed E-state index contributed by atoms with van der Waals surface area (Å²) in [5.41, 5.74) is 3.79. The molecular weight excluding hydrogens is 406 g/mol. The number of imidazole rings is 1. The first-order chi connectivity index (χ1) is 15.0. The van der Waals surface area contributed by atoms with Crippen LogP contribution in [-0.4, -0.2) is 27.1 Å².